The van der Waals surface area contributed by atoms with Crippen molar-refractivity contribution in [2.75, 3.05) is 36.2 Å². The molecular formula is C22H33N7O2S. The zero-order chi connectivity index (χ0) is 22.1. The number of nitrogens with zero attached hydrogens (tertiary/aromatic N) is 5. The topological polar surface area (TPSA) is 91.4 Å². The van der Waals surface area contributed by atoms with E-state index in [9.17, 15) is 0 Å². The number of ether oxygens (including phenoxy) is 2. The van der Waals surface area contributed by atoms with Crippen LogP contribution < -0.4 is 15.0 Å². The van der Waals surface area contributed by atoms with Crippen LogP contribution in [0.25, 0.3) is 0 Å². The SMILES string of the molecule is CCSN1[C@@H]2CCC[C@H]1C[C@H](N(C)c1nc(Nc3cc(C)[nH]n3)cc(OC3COC3)n1)C2. The Labute approximate surface area is 193 Å². The number of piperidine rings is 2. The van der Waals surface area contributed by atoms with Crippen molar-refractivity contribution >= 4 is 29.5 Å². The van der Waals surface area contributed by atoms with E-state index in [4.69, 9.17) is 19.4 Å². The number of hydrogen-bond donors (Lipinski definition) is 2. The predicted octanol–water partition coefficient (Wildman–Crippen LogP) is 3.52. The number of H-pyrrole nitrogens is 1. The summed E-state index contributed by atoms with van der Waals surface area (Å²) in [6, 6.07) is 5.48. The molecule has 32 heavy (non-hydrogen) atoms. The Bertz CT molecular complexity index is 907. The number of aromatic nitrogens is 4. The van der Waals surface area contributed by atoms with E-state index in [2.05, 4.69) is 38.7 Å². The summed E-state index contributed by atoms with van der Waals surface area (Å²) in [5.41, 5.74) is 0.991. The van der Waals surface area contributed by atoms with Gasteiger partial charge >= 0.3 is 0 Å². The summed E-state index contributed by atoms with van der Waals surface area (Å²) in [5, 5.41) is 10.5. The Morgan fingerprint density at radius 3 is 2.62 bits per heavy atom. The second-order valence-electron chi connectivity index (χ2n) is 8.98. The summed E-state index contributed by atoms with van der Waals surface area (Å²) in [4.78, 5) is 11.9. The van der Waals surface area contributed by atoms with Crippen LogP contribution in [0.15, 0.2) is 12.1 Å². The second-order valence-corrected chi connectivity index (χ2v) is 10.2. The first-order valence-electron chi connectivity index (χ1n) is 11.7. The molecular weight excluding hydrogens is 426 g/mol. The largest absolute Gasteiger partial charge is 0.469 e. The van der Waals surface area contributed by atoms with E-state index in [-0.39, 0.29) is 6.10 Å². The van der Waals surface area contributed by atoms with E-state index < -0.39 is 0 Å². The predicted molar refractivity (Wildman–Crippen MR) is 127 cm³/mol. The van der Waals surface area contributed by atoms with Gasteiger partial charge in [0, 0.05) is 48.8 Å². The lowest BCUT2D eigenvalue weighted by Crippen LogP contribution is -2.54. The average Bonchev–Trinajstić information content (AvgIpc) is 3.14. The molecule has 9 nitrogen and oxygen atoms in total. The first-order chi connectivity index (χ1) is 15.6. The summed E-state index contributed by atoms with van der Waals surface area (Å²) >= 11 is 2.01. The van der Waals surface area contributed by atoms with Gasteiger partial charge < -0.3 is 19.7 Å². The maximum atomic E-state index is 6.05. The molecule has 10 heteroatoms. The van der Waals surface area contributed by atoms with Crippen LogP contribution in [0, 0.1) is 6.92 Å². The minimum atomic E-state index is 0.0530. The molecule has 3 saturated heterocycles. The van der Waals surface area contributed by atoms with Crippen molar-refractivity contribution < 1.29 is 9.47 Å². The Morgan fingerprint density at radius 2 is 2.00 bits per heavy atom. The molecule has 0 saturated carbocycles. The fourth-order valence-corrected chi connectivity index (χ4v) is 6.01. The van der Waals surface area contributed by atoms with Crippen LogP contribution in [-0.2, 0) is 4.74 Å². The van der Waals surface area contributed by atoms with Crippen LogP contribution in [-0.4, -0.2) is 74.7 Å². The normalized spacial score (nSPS) is 25.9. The zero-order valence-electron chi connectivity index (χ0n) is 19.1. The maximum Gasteiger partial charge on any atom is 0.230 e. The van der Waals surface area contributed by atoms with Gasteiger partial charge in [-0.2, -0.15) is 15.1 Å². The molecule has 3 atom stereocenters. The minimum absolute atomic E-state index is 0.0530. The van der Waals surface area contributed by atoms with Gasteiger partial charge in [0.25, 0.3) is 0 Å². The monoisotopic (exact) mass is 459 g/mol. The number of aryl methyl sites for hydroxylation is 1. The van der Waals surface area contributed by atoms with Gasteiger partial charge in [0.15, 0.2) is 5.82 Å². The van der Waals surface area contributed by atoms with Crippen LogP contribution in [0.3, 0.4) is 0 Å². The lowest BCUT2D eigenvalue weighted by atomic mass is 9.83. The number of aromatic amines is 1. The van der Waals surface area contributed by atoms with Crippen LogP contribution in [0.5, 0.6) is 5.88 Å². The minimum Gasteiger partial charge on any atom is -0.469 e. The van der Waals surface area contributed by atoms with E-state index in [0.717, 1.165) is 30.1 Å². The van der Waals surface area contributed by atoms with E-state index in [1.54, 1.807) is 0 Å². The number of nitrogens with one attached hydrogen (secondary N) is 2. The zero-order valence-corrected chi connectivity index (χ0v) is 19.9. The molecule has 5 rings (SSSR count). The van der Waals surface area contributed by atoms with Gasteiger partial charge in [-0.1, -0.05) is 25.3 Å². The second kappa shape index (κ2) is 9.44. The third-order valence-corrected chi connectivity index (χ3v) is 7.72. The van der Waals surface area contributed by atoms with Crippen molar-refractivity contribution in [2.45, 2.75) is 70.2 Å². The van der Waals surface area contributed by atoms with Crippen molar-refractivity contribution in [1.29, 1.82) is 0 Å². The van der Waals surface area contributed by atoms with E-state index in [1.807, 2.05) is 31.0 Å². The number of rotatable bonds is 8. The van der Waals surface area contributed by atoms with Crippen LogP contribution in [0.2, 0.25) is 0 Å². The Balaban J connectivity index is 1.37. The molecule has 3 aliphatic heterocycles. The molecule has 0 unspecified atom stereocenters. The Kier molecular flexibility index (Phi) is 6.43. The molecule has 5 heterocycles. The molecule has 0 radical (unpaired) electrons. The highest BCUT2D eigenvalue weighted by Crippen LogP contribution is 2.40. The maximum absolute atomic E-state index is 6.05. The van der Waals surface area contributed by atoms with Crippen molar-refractivity contribution in [3.63, 3.8) is 0 Å². The summed E-state index contributed by atoms with van der Waals surface area (Å²) in [6.45, 7) is 5.43. The highest BCUT2D eigenvalue weighted by Gasteiger charge is 2.40. The van der Waals surface area contributed by atoms with Gasteiger partial charge in [-0.15, -0.1) is 0 Å². The molecule has 0 aromatic carbocycles. The molecule has 2 N–H and O–H groups in total. The standard InChI is InChI=1S/C22H33N7O2S/c1-4-32-29-15-6-5-7-16(29)10-17(9-15)28(3)22-24-19(23-20-8-14(2)26-27-20)11-21(25-22)31-18-12-30-13-18/h8,11,15-18H,4-7,9-10,12-13H2,1-3H3,(H2,23,24,25,26,27)/t15-,16+,17-. The Hall–Kier alpha value is -2.04. The van der Waals surface area contributed by atoms with Crippen molar-refractivity contribution in [3.8, 4) is 5.88 Å². The molecule has 0 aliphatic carbocycles. The first-order valence-corrected chi connectivity index (χ1v) is 12.6. The number of fused-ring (bicyclic) bond motifs is 2. The highest BCUT2D eigenvalue weighted by molar-refractivity contribution is 7.97. The third kappa shape index (κ3) is 4.67. The summed E-state index contributed by atoms with van der Waals surface area (Å²) in [7, 11) is 2.12. The molecule has 0 spiro atoms. The summed E-state index contributed by atoms with van der Waals surface area (Å²) in [5.74, 6) is 3.82. The smallest absolute Gasteiger partial charge is 0.230 e. The van der Waals surface area contributed by atoms with E-state index in [1.165, 1.54) is 19.3 Å². The molecule has 2 aromatic heterocycles. The Morgan fingerprint density at radius 1 is 1.22 bits per heavy atom. The van der Waals surface area contributed by atoms with Crippen molar-refractivity contribution in [2.24, 2.45) is 0 Å². The lowest BCUT2D eigenvalue weighted by molar-refractivity contribution is -0.0813. The lowest BCUT2D eigenvalue weighted by Gasteiger charge is -2.49. The van der Waals surface area contributed by atoms with Gasteiger partial charge in [-0.05, 0) is 32.6 Å². The van der Waals surface area contributed by atoms with Gasteiger partial charge in [0.2, 0.25) is 11.8 Å². The van der Waals surface area contributed by atoms with Crippen molar-refractivity contribution in [3.05, 3.63) is 17.8 Å². The van der Waals surface area contributed by atoms with E-state index in [0.29, 0.717) is 49.0 Å². The van der Waals surface area contributed by atoms with Crippen LogP contribution in [0.1, 0.15) is 44.7 Å². The first kappa shape index (κ1) is 21.8. The third-order valence-electron chi connectivity index (χ3n) is 6.57. The summed E-state index contributed by atoms with van der Waals surface area (Å²) < 4.78 is 14.0. The van der Waals surface area contributed by atoms with E-state index >= 15 is 0 Å². The molecule has 0 amide bonds. The average molecular weight is 460 g/mol. The molecule has 3 fully saturated rings. The molecule has 174 valence electrons. The fourth-order valence-electron chi connectivity index (χ4n) is 4.91. The van der Waals surface area contributed by atoms with Crippen molar-refractivity contribution in [1.82, 2.24) is 24.5 Å². The highest BCUT2D eigenvalue weighted by atomic mass is 32.2. The molecule has 3 aliphatic rings. The van der Waals surface area contributed by atoms with Crippen LogP contribution >= 0.6 is 11.9 Å². The van der Waals surface area contributed by atoms with Gasteiger partial charge in [0.05, 0.1) is 13.2 Å². The number of hydrogen-bond acceptors (Lipinski definition) is 9. The van der Waals surface area contributed by atoms with Crippen LogP contribution in [0.4, 0.5) is 17.6 Å². The molecule has 2 aromatic rings. The summed E-state index contributed by atoms with van der Waals surface area (Å²) in [6.07, 6.45) is 6.25. The van der Waals surface area contributed by atoms with Gasteiger partial charge in [-0.25, -0.2) is 4.31 Å². The fraction of sp³-hybridized carbons (Fsp3) is 0.682. The van der Waals surface area contributed by atoms with Gasteiger partial charge in [-0.3, -0.25) is 5.10 Å². The number of anilines is 3. The molecule has 2 bridgehead atoms. The van der Waals surface area contributed by atoms with Gasteiger partial charge in [0.1, 0.15) is 11.9 Å². The quantitative estimate of drug-likeness (QED) is 0.575.